The molecule has 0 amide bonds. The molecular formula is C20H24O5. The van der Waals surface area contributed by atoms with Crippen LogP contribution in [0.15, 0.2) is 48.5 Å². The maximum absolute atomic E-state index is 11.1. The quantitative estimate of drug-likeness (QED) is 0.692. The van der Waals surface area contributed by atoms with E-state index in [0.29, 0.717) is 30.9 Å². The molecule has 2 N–H and O–H groups in total. The van der Waals surface area contributed by atoms with Crippen LogP contribution in [-0.4, -0.2) is 29.9 Å². The molecule has 0 heterocycles. The maximum atomic E-state index is 11.1. The number of para-hydroxylation sites is 1. The van der Waals surface area contributed by atoms with Crippen LogP contribution in [0.5, 0.6) is 11.5 Å². The van der Waals surface area contributed by atoms with Gasteiger partial charge in [-0.15, -0.1) is 0 Å². The lowest BCUT2D eigenvalue weighted by Gasteiger charge is -2.19. The second-order valence-corrected chi connectivity index (χ2v) is 5.90. The molecule has 2 rings (SSSR count). The molecule has 25 heavy (non-hydrogen) atoms. The fourth-order valence-electron chi connectivity index (χ4n) is 2.79. The van der Waals surface area contributed by atoms with E-state index >= 15 is 0 Å². The van der Waals surface area contributed by atoms with Gasteiger partial charge in [-0.2, -0.15) is 0 Å². The molecule has 0 spiro atoms. The predicted octanol–water partition coefficient (Wildman–Crippen LogP) is 3.29. The Labute approximate surface area is 147 Å². The van der Waals surface area contributed by atoms with Crippen LogP contribution >= 0.6 is 0 Å². The van der Waals surface area contributed by atoms with Crippen LogP contribution in [-0.2, 0) is 17.8 Å². The third-order valence-corrected chi connectivity index (χ3v) is 4.02. The lowest BCUT2D eigenvalue weighted by molar-refractivity contribution is -0.138. The number of hydrogen-bond donors (Lipinski definition) is 2. The summed E-state index contributed by atoms with van der Waals surface area (Å²) in [5, 5.41) is 18.3. The summed E-state index contributed by atoms with van der Waals surface area (Å²) in [5.74, 6) is 0.218. The minimum atomic E-state index is -0.867. The van der Waals surface area contributed by atoms with Gasteiger partial charge in [0, 0.05) is 13.0 Å². The van der Waals surface area contributed by atoms with Crippen LogP contribution in [0.1, 0.15) is 24.0 Å². The molecule has 2 aromatic carbocycles. The van der Waals surface area contributed by atoms with Crippen LogP contribution in [0.4, 0.5) is 0 Å². The lowest BCUT2D eigenvalue weighted by Crippen LogP contribution is -2.13. The van der Waals surface area contributed by atoms with Crippen LogP contribution in [0.25, 0.3) is 0 Å². The summed E-state index contributed by atoms with van der Waals surface area (Å²) in [6.45, 7) is 0.361. The monoisotopic (exact) mass is 344 g/mol. The normalized spacial score (nSPS) is 11.8. The van der Waals surface area contributed by atoms with Gasteiger partial charge < -0.3 is 19.7 Å². The summed E-state index contributed by atoms with van der Waals surface area (Å²) in [6.07, 6.45) is 0.950. The molecule has 0 saturated heterocycles. The van der Waals surface area contributed by atoms with E-state index in [9.17, 15) is 9.90 Å². The van der Waals surface area contributed by atoms with Gasteiger partial charge in [0.25, 0.3) is 0 Å². The molecule has 1 atom stereocenters. The summed E-state index contributed by atoms with van der Waals surface area (Å²) in [4.78, 5) is 11.1. The summed E-state index contributed by atoms with van der Waals surface area (Å²) in [6, 6.07) is 15.4. The molecular weight excluding hydrogens is 320 g/mol. The predicted molar refractivity (Wildman–Crippen MR) is 94.9 cm³/mol. The highest BCUT2D eigenvalue weighted by Gasteiger charge is 2.18. The zero-order valence-corrected chi connectivity index (χ0v) is 14.4. The smallest absolute Gasteiger partial charge is 0.303 e. The lowest BCUT2D eigenvalue weighted by atomic mass is 9.93. The first-order valence-corrected chi connectivity index (χ1v) is 8.29. The number of aliphatic hydroxyl groups is 1. The molecule has 0 saturated carbocycles. The highest BCUT2D eigenvalue weighted by Crippen LogP contribution is 2.34. The first-order chi connectivity index (χ1) is 12.1. The largest absolute Gasteiger partial charge is 0.493 e. The van der Waals surface area contributed by atoms with Crippen LogP contribution in [0.3, 0.4) is 0 Å². The number of hydrogen-bond acceptors (Lipinski definition) is 4. The molecule has 2 aromatic rings. The number of benzene rings is 2. The Morgan fingerprint density at radius 3 is 2.52 bits per heavy atom. The Morgan fingerprint density at radius 1 is 1.12 bits per heavy atom. The van der Waals surface area contributed by atoms with Gasteiger partial charge in [-0.1, -0.05) is 42.5 Å². The highest BCUT2D eigenvalue weighted by molar-refractivity contribution is 5.67. The number of methoxy groups -OCH3 is 1. The number of aliphatic carboxylic acids is 1. The van der Waals surface area contributed by atoms with Crippen molar-refractivity contribution in [3.05, 3.63) is 59.7 Å². The van der Waals surface area contributed by atoms with Gasteiger partial charge in [0.15, 0.2) is 11.5 Å². The molecule has 1 unspecified atom stereocenters. The average molecular weight is 344 g/mol. The average Bonchev–Trinajstić information content (AvgIpc) is 2.61. The number of rotatable bonds is 10. The standard InChI is InChI=1S/C20H24O5/c1-24-18-9-5-8-17(12-16(10-11-21)13-19(22)23)20(18)25-14-15-6-3-2-4-7-15/h2-9,16,21H,10-14H2,1H3,(H,22,23). The van der Waals surface area contributed by atoms with Crippen molar-refractivity contribution in [1.82, 2.24) is 0 Å². The van der Waals surface area contributed by atoms with Gasteiger partial charge in [-0.05, 0) is 36.0 Å². The Kier molecular flexibility index (Phi) is 7.29. The van der Waals surface area contributed by atoms with E-state index in [4.69, 9.17) is 14.6 Å². The summed E-state index contributed by atoms with van der Waals surface area (Å²) in [7, 11) is 1.58. The molecule has 0 aromatic heterocycles. The van der Waals surface area contributed by atoms with Crippen molar-refractivity contribution in [2.45, 2.75) is 25.9 Å². The summed E-state index contributed by atoms with van der Waals surface area (Å²) < 4.78 is 11.4. The van der Waals surface area contributed by atoms with Crippen molar-refractivity contribution in [1.29, 1.82) is 0 Å². The summed E-state index contributed by atoms with van der Waals surface area (Å²) >= 11 is 0. The van der Waals surface area contributed by atoms with Crippen LogP contribution in [0, 0.1) is 5.92 Å². The maximum Gasteiger partial charge on any atom is 0.303 e. The Morgan fingerprint density at radius 2 is 1.88 bits per heavy atom. The fraction of sp³-hybridized carbons (Fsp3) is 0.350. The second-order valence-electron chi connectivity index (χ2n) is 5.90. The molecule has 0 fully saturated rings. The molecule has 5 heteroatoms. The molecule has 0 radical (unpaired) electrons. The first kappa shape index (κ1) is 18.8. The molecule has 0 bridgehead atoms. The Bertz CT molecular complexity index is 669. The van der Waals surface area contributed by atoms with Crippen molar-refractivity contribution in [2.24, 2.45) is 5.92 Å². The van der Waals surface area contributed by atoms with Crippen molar-refractivity contribution in [3.63, 3.8) is 0 Å². The van der Waals surface area contributed by atoms with E-state index in [1.165, 1.54) is 0 Å². The van der Waals surface area contributed by atoms with Crippen molar-refractivity contribution in [3.8, 4) is 11.5 Å². The molecule has 0 aliphatic carbocycles. The Hall–Kier alpha value is -2.53. The van der Waals surface area contributed by atoms with Crippen LogP contribution < -0.4 is 9.47 Å². The molecule has 0 aliphatic rings. The van der Waals surface area contributed by atoms with Gasteiger partial charge >= 0.3 is 5.97 Å². The molecule has 134 valence electrons. The number of carboxylic acid groups (broad SMARTS) is 1. The third-order valence-electron chi connectivity index (χ3n) is 4.02. The van der Waals surface area contributed by atoms with E-state index in [1.54, 1.807) is 7.11 Å². The number of aliphatic hydroxyl groups excluding tert-OH is 1. The zero-order valence-electron chi connectivity index (χ0n) is 14.4. The summed E-state index contributed by atoms with van der Waals surface area (Å²) in [5.41, 5.74) is 1.92. The number of carboxylic acids is 1. The van der Waals surface area contributed by atoms with Crippen molar-refractivity contribution in [2.75, 3.05) is 13.7 Å². The van der Waals surface area contributed by atoms with Gasteiger partial charge in [0.2, 0.25) is 0 Å². The van der Waals surface area contributed by atoms with E-state index in [1.807, 2.05) is 48.5 Å². The van der Waals surface area contributed by atoms with Crippen molar-refractivity contribution >= 4 is 5.97 Å². The fourth-order valence-corrected chi connectivity index (χ4v) is 2.79. The van der Waals surface area contributed by atoms with Gasteiger partial charge in [0.05, 0.1) is 7.11 Å². The molecule has 5 nitrogen and oxygen atoms in total. The van der Waals surface area contributed by atoms with Gasteiger partial charge in [-0.25, -0.2) is 0 Å². The molecule has 0 aliphatic heterocycles. The topological polar surface area (TPSA) is 76.0 Å². The zero-order chi connectivity index (χ0) is 18.1. The third kappa shape index (κ3) is 5.80. The second kappa shape index (κ2) is 9.69. The minimum Gasteiger partial charge on any atom is -0.493 e. The van der Waals surface area contributed by atoms with E-state index < -0.39 is 5.97 Å². The Balaban J connectivity index is 2.20. The first-order valence-electron chi connectivity index (χ1n) is 8.29. The van der Waals surface area contributed by atoms with Crippen molar-refractivity contribution < 1.29 is 24.5 Å². The minimum absolute atomic E-state index is 0.00982. The number of carbonyl (C=O) groups is 1. The van der Waals surface area contributed by atoms with Gasteiger partial charge in [0.1, 0.15) is 6.61 Å². The number of ether oxygens (including phenoxy) is 2. The van der Waals surface area contributed by atoms with E-state index in [-0.39, 0.29) is 18.9 Å². The van der Waals surface area contributed by atoms with E-state index in [2.05, 4.69) is 0 Å². The van der Waals surface area contributed by atoms with E-state index in [0.717, 1.165) is 11.1 Å². The van der Waals surface area contributed by atoms with Crippen LogP contribution in [0.2, 0.25) is 0 Å². The van der Waals surface area contributed by atoms with Gasteiger partial charge in [-0.3, -0.25) is 4.79 Å². The highest BCUT2D eigenvalue weighted by atomic mass is 16.5. The SMILES string of the molecule is COc1cccc(CC(CCO)CC(=O)O)c1OCc1ccccc1.